The molecular formula is C55H56O4P3Rh. The van der Waals surface area contributed by atoms with Gasteiger partial charge in [0.1, 0.15) is 24.1 Å². The monoisotopic (exact) mass is 976 g/mol. The molecule has 0 unspecified atom stereocenters. The number of benzene rings is 6. The Morgan fingerprint density at radius 1 is 0.302 bits per heavy atom. The number of rotatable bonds is 15. The van der Waals surface area contributed by atoms with Crippen molar-refractivity contribution >= 4 is 62.4 Å². The molecule has 0 amide bonds. The molecule has 4 nitrogen and oxygen atoms in total. The predicted octanol–water partition coefficient (Wildman–Crippen LogP) is 12.0. The maximum Gasteiger partial charge on any atom is 3.00 e. The summed E-state index contributed by atoms with van der Waals surface area (Å²) in [5.41, 5.74) is 0. The Hall–Kier alpha value is -5.26. The van der Waals surface area contributed by atoms with E-state index in [-0.39, 0.29) is 47.5 Å². The normalized spacial score (nSPS) is 10.4. The van der Waals surface area contributed by atoms with Gasteiger partial charge in [-0.2, -0.15) is 0 Å². The smallest absolute Gasteiger partial charge is 1.00 e. The zero-order valence-electron chi connectivity index (χ0n) is 38.3. The second-order valence-electron chi connectivity index (χ2n) is 14.0. The molecule has 0 N–H and O–H groups in total. The summed E-state index contributed by atoms with van der Waals surface area (Å²) in [7, 11) is -0.947. The second-order valence-corrected chi connectivity index (χ2v) is 21.0. The van der Waals surface area contributed by atoms with E-state index in [2.05, 4.69) is 200 Å². The van der Waals surface area contributed by atoms with Crippen LogP contribution in [0.5, 0.6) is 0 Å². The van der Waals surface area contributed by atoms with E-state index < -0.39 is 0 Å². The first-order valence-corrected chi connectivity index (χ1v) is 25.4. The van der Waals surface area contributed by atoms with Crippen molar-refractivity contribution in [2.45, 2.75) is 19.3 Å². The molecule has 0 aliphatic heterocycles. The van der Waals surface area contributed by atoms with Crippen LogP contribution in [0.4, 0.5) is 0 Å². The molecule has 0 aliphatic carbocycles. The van der Waals surface area contributed by atoms with E-state index in [0.29, 0.717) is 0 Å². The van der Waals surface area contributed by atoms with Crippen molar-refractivity contribution in [3.05, 3.63) is 254 Å². The third-order valence-electron chi connectivity index (χ3n) is 9.89. The minimum Gasteiger partial charge on any atom is -1.00 e. The molecule has 0 aliphatic rings. The van der Waals surface area contributed by atoms with Crippen molar-refractivity contribution in [1.82, 2.24) is 0 Å². The van der Waals surface area contributed by atoms with Gasteiger partial charge >= 0.3 is 19.5 Å². The van der Waals surface area contributed by atoms with E-state index in [0.717, 1.165) is 55.0 Å². The molecule has 0 atom stereocenters. The van der Waals surface area contributed by atoms with E-state index >= 15 is 0 Å². The van der Waals surface area contributed by atoms with Crippen LogP contribution in [0, 0.1) is 0 Å². The van der Waals surface area contributed by atoms with Gasteiger partial charge in [-0.05, 0) is 110 Å². The van der Waals surface area contributed by atoms with Gasteiger partial charge in [-0.15, -0.1) is 0 Å². The second kappa shape index (κ2) is 28.4. The Morgan fingerprint density at radius 2 is 0.492 bits per heavy atom. The van der Waals surface area contributed by atoms with Crippen molar-refractivity contribution in [2.24, 2.45) is 0 Å². The fraction of sp³-hybridized carbons (Fsp3) is 0.109. The van der Waals surface area contributed by atoms with Gasteiger partial charge in [-0.25, -0.2) is 0 Å². The van der Waals surface area contributed by atoms with Gasteiger partial charge in [-0.1, -0.05) is 182 Å². The minimum absolute atomic E-state index is 0. The van der Waals surface area contributed by atoms with Crippen LogP contribution in [-0.4, -0.2) is 25.3 Å². The third kappa shape index (κ3) is 16.1. The van der Waals surface area contributed by atoms with Crippen molar-refractivity contribution in [3.8, 4) is 0 Å². The number of aryl methyl sites for hydroxylation is 3. The van der Waals surface area contributed by atoms with Crippen LogP contribution in [0.3, 0.4) is 0 Å². The van der Waals surface area contributed by atoms with Crippen LogP contribution in [0.2, 0.25) is 0 Å². The topological polar surface area (TPSA) is 56.5 Å². The van der Waals surface area contributed by atoms with Crippen LogP contribution in [-0.2, 0) is 43.5 Å². The van der Waals surface area contributed by atoms with Crippen molar-refractivity contribution < 1.29 is 41.8 Å². The standard InChI is InChI=1S/3C18H17OP.CH2O.Rh.3H/c3*1-3-9-17(10-4-1)20(18-11-5-2-6-12-18)15-13-16-8-7-14-19-16;1-2;;;;/h3*1-12,14H,13,15H2;1H2;;;;/q;;;;+3;3*-1. The zero-order valence-corrected chi connectivity index (χ0v) is 39.6. The molecule has 63 heavy (non-hydrogen) atoms. The molecule has 0 saturated heterocycles. The van der Waals surface area contributed by atoms with E-state index in [1.807, 2.05) is 25.0 Å². The Bertz CT molecular complexity index is 2060. The van der Waals surface area contributed by atoms with Crippen LogP contribution < -0.4 is 31.8 Å². The fourth-order valence-electron chi connectivity index (χ4n) is 6.90. The molecule has 0 bridgehead atoms. The molecule has 6 aromatic carbocycles. The van der Waals surface area contributed by atoms with Gasteiger partial charge in [0.05, 0.1) is 18.8 Å². The Labute approximate surface area is 394 Å². The molecule has 9 aromatic rings. The summed E-state index contributed by atoms with van der Waals surface area (Å²) in [4.78, 5) is 8.00. The largest absolute Gasteiger partial charge is 3.00 e. The Balaban J connectivity index is 0.000000324. The van der Waals surface area contributed by atoms with Gasteiger partial charge in [0.25, 0.3) is 0 Å². The fourth-order valence-corrected chi connectivity index (χ4v) is 13.9. The van der Waals surface area contributed by atoms with Crippen molar-refractivity contribution in [1.29, 1.82) is 0 Å². The number of carbonyl (C=O) groups is 1. The number of hydrogen-bond donors (Lipinski definition) is 0. The average molecular weight is 977 g/mol. The van der Waals surface area contributed by atoms with Crippen molar-refractivity contribution in [3.63, 3.8) is 0 Å². The third-order valence-corrected chi connectivity index (χ3v) is 17.4. The van der Waals surface area contributed by atoms with Gasteiger partial charge < -0.3 is 22.3 Å². The van der Waals surface area contributed by atoms with Crippen LogP contribution >= 0.6 is 23.8 Å². The Kier molecular flexibility index (Phi) is 22.0. The summed E-state index contributed by atoms with van der Waals surface area (Å²) < 4.78 is 16.4. The maximum absolute atomic E-state index is 8.00. The molecule has 8 heteroatoms. The van der Waals surface area contributed by atoms with Gasteiger partial charge in [0.15, 0.2) is 0 Å². The summed E-state index contributed by atoms with van der Waals surface area (Å²) in [6.07, 6.45) is 11.6. The summed E-state index contributed by atoms with van der Waals surface area (Å²) in [6, 6.07) is 76.9. The summed E-state index contributed by atoms with van der Waals surface area (Å²) in [5, 5.41) is 8.58. The molecule has 0 fully saturated rings. The molecule has 3 heterocycles. The zero-order chi connectivity index (χ0) is 42.9. The number of carbonyl (C=O) groups excluding carboxylic acids is 1. The first-order chi connectivity index (χ1) is 30.8. The quantitative estimate of drug-likeness (QED) is 0.0759. The van der Waals surface area contributed by atoms with Gasteiger partial charge in [-0.3, -0.25) is 0 Å². The molecule has 324 valence electrons. The minimum atomic E-state index is -0.316. The molecule has 9 rings (SSSR count). The predicted molar refractivity (Wildman–Crippen MR) is 270 cm³/mol. The first kappa shape index (κ1) is 48.8. The van der Waals surface area contributed by atoms with Gasteiger partial charge in [0, 0.05) is 19.3 Å². The van der Waals surface area contributed by atoms with E-state index in [9.17, 15) is 0 Å². The summed E-state index contributed by atoms with van der Waals surface area (Å²) in [6.45, 7) is 2.00. The summed E-state index contributed by atoms with van der Waals surface area (Å²) in [5.74, 6) is 3.22. The molecule has 0 saturated carbocycles. The van der Waals surface area contributed by atoms with Crippen LogP contribution in [0.1, 0.15) is 21.6 Å². The summed E-state index contributed by atoms with van der Waals surface area (Å²) >= 11 is 0. The van der Waals surface area contributed by atoms with Crippen LogP contribution in [0.25, 0.3) is 0 Å². The maximum atomic E-state index is 8.00. The average Bonchev–Trinajstić information content (AvgIpc) is 4.19. The van der Waals surface area contributed by atoms with E-state index in [4.69, 9.17) is 18.0 Å². The number of hydrogen-bond acceptors (Lipinski definition) is 4. The van der Waals surface area contributed by atoms with E-state index in [1.165, 1.54) is 31.8 Å². The van der Waals surface area contributed by atoms with E-state index in [1.54, 1.807) is 18.8 Å². The molecule has 0 spiro atoms. The SMILES string of the molecule is C=O.[H-].[H-].[H-].[Rh+3].c1ccc(P(CCc2ccco2)c2ccccc2)cc1.c1ccc(P(CCc2ccco2)c2ccccc2)cc1.c1ccc(P(CCc2ccco2)c2ccccc2)cc1. The molecule has 3 aromatic heterocycles. The van der Waals surface area contributed by atoms with Gasteiger partial charge in [0.2, 0.25) is 0 Å². The molecular weight excluding hydrogens is 920 g/mol. The van der Waals surface area contributed by atoms with Crippen molar-refractivity contribution in [2.75, 3.05) is 18.5 Å². The number of furan rings is 3. The molecule has 0 radical (unpaired) electrons. The van der Waals surface area contributed by atoms with Crippen LogP contribution in [0.15, 0.2) is 250 Å². The first-order valence-electron chi connectivity index (χ1n) is 20.8. The Morgan fingerprint density at radius 3 is 0.651 bits per heavy atom.